The van der Waals surface area contributed by atoms with E-state index in [-0.39, 0.29) is 30.7 Å². The van der Waals surface area contributed by atoms with E-state index in [2.05, 4.69) is 10.3 Å². The van der Waals surface area contributed by atoms with Crippen molar-refractivity contribution in [1.29, 1.82) is 0 Å². The van der Waals surface area contributed by atoms with Gasteiger partial charge in [-0.2, -0.15) is 0 Å². The number of carbonyl (C=O) groups is 3. The van der Waals surface area contributed by atoms with Crippen molar-refractivity contribution in [2.75, 3.05) is 11.9 Å². The summed E-state index contributed by atoms with van der Waals surface area (Å²) in [7, 11) is 0. The Bertz CT molecular complexity index is 1130. The Labute approximate surface area is 174 Å². The molecule has 2 aromatic carbocycles. The number of anilines is 1. The molecule has 0 fully saturated rings. The zero-order valence-electron chi connectivity index (χ0n) is 17.3. The molecular formula is C24H23N3O3. The number of amides is 3. The molecule has 152 valence electrons. The average molecular weight is 401 g/mol. The van der Waals surface area contributed by atoms with Gasteiger partial charge in [0.05, 0.1) is 11.4 Å². The molecule has 0 unspecified atom stereocenters. The minimum atomic E-state index is -0.306. The van der Waals surface area contributed by atoms with E-state index in [1.807, 2.05) is 51.1 Å². The summed E-state index contributed by atoms with van der Waals surface area (Å²) in [5, 5.41) is 4.50. The molecule has 1 aromatic heterocycles. The predicted molar refractivity (Wildman–Crippen MR) is 116 cm³/mol. The van der Waals surface area contributed by atoms with Crippen molar-refractivity contribution >= 4 is 34.2 Å². The van der Waals surface area contributed by atoms with E-state index in [1.165, 1.54) is 4.90 Å². The van der Waals surface area contributed by atoms with E-state index in [9.17, 15) is 14.4 Å². The molecule has 0 saturated carbocycles. The van der Waals surface area contributed by atoms with Gasteiger partial charge < -0.3 is 5.32 Å². The maximum atomic E-state index is 12.9. The molecule has 0 atom stereocenters. The molecule has 6 nitrogen and oxygen atoms in total. The second-order valence-corrected chi connectivity index (χ2v) is 7.66. The molecule has 1 N–H and O–H groups in total. The largest absolute Gasteiger partial charge is 0.324 e. The lowest BCUT2D eigenvalue weighted by Gasteiger charge is -2.27. The summed E-state index contributed by atoms with van der Waals surface area (Å²) in [6, 6.07) is 12.8. The van der Waals surface area contributed by atoms with Gasteiger partial charge in [-0.15, -0.1) is 0 Å². The lowest BCUT2D eigenvalue weighted by Crippen LogP contribution is -2.41. The van der Waals surface area contributed by atoms with Gasteiger partial charge in [0.1, 0.15) is 0 Å². The molecule has 4 rings (SSSR count). The highest BCUT2D eigenvalue weighted by atomic mass is 16.2. The smallest absolute Gasteiger partial charge is 0.261 e. The number of aryl methyl sites for hydroxylation is 3. The molecule has 3 aromatic rings. The average Bonchev–Trinajstić information content (AvgIpc) is 2.71. The predicted octanol–water partition coefficient (Wildman–Crippen LogP) is 4.17. The molecule has 1 aliphatic heterocycles. The van der Waals surface area contributed by atoms with Crippen molar-refractivity contribution in [3.05, 3.63) is 70.5 Å². The van der Waals surface area contributed by atoms with Crippen molar-refractivity contribution < 1.29 is 14.4 Å². The fraction of sp³-hybridized carbons (Fsp3) is 0.250. The molecular weight excluding hydrogens is 378 g/mol. The zero-order chi connectivity index (χ0) is 21.4. The van der Waals surface area contributed by atoms with Crippen LogP contribution in [0.25, 0.3) is 10.8 Å². The van der Waals surface area contributed by atoms with Crippen LogP contribution in [0.1, 0.15) is 50.5 Å². The molecule has 3 amide bonds. The van der Waals surface area contributed by atoms with Gasteiger partial charge in [0.15, 0.2) is 0 Å². The van der Waals surface area contributed by atoms with E-state index in [0.717, 1.165) is 28.0 Å². The van der Waals surface area contributed by atoms with E-state index in [4.69, 9.17) is 0 Å². The Morgan fingerprint density at radius 1 is 1.00 bits per heavy atom. The fourth-order valence-corrected chi connectivity index (χ4v) is 4.10. The van der Waals surface area contributed by atoms with Gasteiger partial charge in [-0.25, -0.2) is 0 Å². The van der Waals surface area contributed by atoms with Crippen LogP contribution in [0.4, 0.5) is 5.69 Å². The van der Waals surface area contributed by atoms with E-state index in [1.54, 1.807) is 12.1 Å². The standard InChI is InChI=1S/C24H23N3O3/c1-14-13-15(2)25-16(3)22(14)26-20(28)11-6-12-27-23(29)18-9-4-7-17-8-5-10-19(21(17)18)24(27)30/h4-5,7-10,13H,6,11-12H2,1-3H3,(H,26,28). The van der Waals surface area contributed by atoms with Gasteiger partial charge in [-0.3, -0.25) is 24.3 Å². The van der Waals surface area contributed by atoms with Crippen molar-refractivity contribution in [3.63, 3.8) is 0 Å². The Balaban J connectivity index is 1.44. The highest BCUT2D eigenvalue weighted by Crippen LogP contribution is 2.30. The lowest BCUT2D eigenvalue weighted by molar-refractivity contribution is -0.116. The quantitative estimate of drug-likeness (QED) is 0.651. The van der Waals surface area contributed by atoms with Crippen LogP contribution in [0.2, 0.25) is 0 Å². The first kappa shape index (κ1) is 19.8. The summed E-state index contributed by atoms with van der Waals surface area (Å²) in [5.74, 6) is -0.774. The molecule has 30 heavy (non-hydrogen) atoms. The number of nitrogens with one attached hydrogen (secondary N) is 1. The normalized spacial score (nSPS) is 13.1. The highest BCUT2D eigenvalue weighted by molar-refractivity contribution is 6.25. The minimum Gasteiger partial charge on any atom is -0.324 e. The van der Waals surface area contributed by atoms with Crippen LogP contribution in [0.15, 0.2) is 42.5 Å². The number of nitrogens with zero attached hydrogens (tertiary/aromatic N) is 2. The molecule has 6 heteroatoms. The summed E-state index contributed by atoms with van der Waals surface area (Å²) >= 11 is 0. The summed E-state index contributed by atoms with van der Waals surface area (Å²) in [6.45, 7) is 5.90. The van der Waals surface area contributed by atoms with Gasteiger partial charge in [0.2, 0.25) is 5.91 Å². The monoisotopic (exact) mass is 401 g/mol. The second-order valence-electron chi connectivity index (χ2n) is 7.66. The number of hydrogen-bond acceptors (Lipinski definition) is 4. The number of imide groups is 1. The van der Waals surface area contributed by atoms with Crippen LogP contribution < -0.4 is 5.32 Å². The van der Waals surface area contributed by atoms with Crippen molar-refractivity contribution in [1.82, 2.24) is 9.88 Å². The van der Waals surface area contributed by atoms with Crippen LogP contribution in [-0.4, -0.2) is 34.2 Å². The maximum Gasteiger partial charge on any atom is 0.261 e. The molecule has 1 aliphatic rings. The number of carbonyl (C=O) groups excluding carboxylic acids is 3. The first-order chi connectivity index (χ1) is 14.4. The van der Waals surface area contributed by atoms with Crippen LogP contribution in [0.3, 0.4) is 0 Å². The van der Waals surface area contributed by atoms with E-state index < -0.39 is 0 Å². The first-order valence-electron chi connectivity index (χ1n) is 9.99. The Hall–Kier alpha value is -3.54. The number of aromatic nitrogens is 1. The summed E-state index contributed by atoms with van der Waals surface area (Å²) < 4.78 is 0. The van der Waals surface area contributed by atoms with E-state index >= 15 is 0 Å². The van der Waals surface area contributed by atoms with Gasteiger partial charge in [-0.05, 0) is 56.3 Å². The Morgan fingerprint density at radius 3 is 2.23 bits per heavy atom. The third-order valence-corrected chi connectivity index (χ3v) is 5.43. The van der Waals surface area contributed by atoms with E-state index in [0.29, 0.717) is 22.9 Å². The summed E-state index contributed by atoms with van der Waals surface area (Å²) in [6.07, 6.45) is 0.592. The minimum absolute atomic E-state index is 0.161. The summed E-state index contributed by atoms with van der Waals surface area (Å²) in [5.41, 5.74) is 4.41. The third-order valence-electron chi connectivity index (χ3n) is 5.43. The Morgan fingerprint density at radius 2 is 1.63 bits per heavy atom. The molecule has 0 aliphatic carbocycles. The SMILES string of the molecule is Cc1cc(C)c(NC(=O)CCCN2C(=O)c3cccc4cccc(c34)C2=O)c(C)n1. The third kappa shape index (κ3) is 3.45. The van der Waals surface area contributed by atoms with Crippen molar-refractivity contribution in [2.24, 2.45) is 0 Å². The van der Waals surface area contributed by atoms with Gasteiger partial charge in [-0.1, -0.05) is 24.3 Å². The molecule has 0 saturated heterocycles. The Kier molecular flexibility index (Phi) is 5.08. The first-order valence-corrected chi connectivity index (χ1v) is 9.99. The van der Waals surface area contributed by atoms with Crippen LogP contribution >= 0.6 is 0 Å². The topological polar surface area (TPSA) is 79.4 Å². The van der Waals surface area contributed by atoms with Gasteiger partial charge >= 0.3 is 0 Å². The van der Waals surface area contributed by atoms with Crippen molar-refractivity contribution in [3.8, 4) is 0 Å². The van der Waals surface area contributed by atoms with Gasteiger partial charge in [0, 0.05) is 35.2 Å². The van der Waals surface area contributed by atoms with Crippen LogP contribution in [0, 0.1) is 20.8 Å². The van der Waals surface area contributed by atoms with Gasteiger partial charge in [0.25, 0.3) is 11.8 Å². The highest BCUT2D eigenvalue weighted by Gasteiger charge is 2.32. The number of rotatable bonds is 5. The number of benzene rings is 2. The fourth-order valence-electron chi connectivity index (χ4n) is 4.10. The van der Waals surface area contributed by atoms with Crippen LogP contribution in [0.5, 0.6) is 0 Å². The van der Waals surface area contributed by atoms with Crippen LogP contribution in [-0.2, 0) is 4.79 Å². The second kappa shape index (κ2) is 7.71. The molecule has 0 spiro atoms. The molecule has 0 bridgehead atoms. The zero-order valence-corrected chi connectivity index (χ0v) is 17.3. The number of hydrogen-bond donors (Lipinski definition) is 1. The molecule has 2 heterocycles. The number of pyridine rings is 1. The molecule has 0 radical (unpaired) electrons. The van der Waals surface area contributed by atoms with Crippen molar-refractivity contribution in [2.45, 2.75) is 33.6 Å². The maximum absolute atomic E-state index is 12.9. The summed E-state index contributed by atoms with van der Waals surface area (Å²) in [4.78, 5) is 43.9. The lowest BCUT2D eigenvalue weighted by atomic mass is 9.94.